The molecular weight excluding hydrogens is 285 g/mol. The average molecular weight is 306 g/mol. The van der Waals surface area contributed by atoms with Gasteiger partial charge < -0.3 is 15.4 Å². The van der Waals surface area contributed by atoms with Gasteiger partial charge in [0.15, 0.2) is 5.69 Å². The Hall–Kier alpha value is -1.57. The SMILES string of the molecule is CCCCOCCNc1cc(C(F)(F)F)nc(NCC)n1. The minimum absolute atomic E-state index is 0.0401. The first-order valence-electron chi connectivity index (χ1n) is 6.99. The zero-order valence-corrected chi connectivity index (χ0v) is 12.3. The predicted octanol–water partition coefficient (Wildman–Crippen LogP) is 3.16. The highest BCUT2D eigenvalue weighted by Gasteiger charge is 2.33. The number of halogens is 3. The van der Waals surface area contributed by atoms with E-state index in [4.69, 9.17) is 4.74 Å². The lowest BCUT2D eigenvalue weighted by molar-refractivity contribution is -0.141. The largest absolute Gasteiger partial charge is 0.433 e. The van der Waals surface area contributed by atoms with E-state index >= 15 is 0 Å². The van der Waals surface area contributed by atoms with Gasteiger partial charge in [-0.05, 0) is 13.3 Å². The number of nitrogens with zero attached hydrogens (tertiary/aromatic N) is 2. The van der Waals surface area contributed by atoms with Crippen LogP contribution in [0.3, 0.4) is 0 Å². The molecule has 120 valence electrons. The Labute approximate surface area is 122 Å². The lowest BCUT2D eigenvalue weighted by Crippen LogP contribution is -2.16. The van der Waals surface area contributed by atoms with E-state index in [0.717, 1.165) is 18.9 Å². The summed E-state index contributed by atoms with van der Waals surface area (Å²) in [6.07, 6.45) is -2.49. The first-order valence-corrected chi connectivity index (χ1v) is 6.99. The van der Waals surface area contributed by atoms with Gasteiger partial charge in [0.05, 0.1) is 6.61 Å². The third-order valence-electron chi connectivity index (χ3n) is 2.55. The maximum Gasteiger partial charge on any atom is 0.433 e. The molecule has 0 spiro atoms. The van der Waals surface area contributed by atoms with Gasteiger partial charge in [0, 0.05) is 25.8 Å². The molecule has 0 amide bonds. The first-order chi connectivity index (χ1) is 9.97. The summed E-state index contributed by atoms with van der Waals surface area (Å²) in [6.45, 7) is 5.73. The van der Waals surface area contributed by atoms with Crippen molar-refractivity contribution < 1.29 is 17.9 Å². The van der Waals surface area contributed by atoms with Crippen LogP contribution in [0, 0.1) is 0 Å². The molecule has 1 rings (SSSR count). The van der Waals surface area contributed by atoms with Gasteiger partial charge in [-0.25, -0.2) is 4.98 Å². The summed E-state index contributed by atoms with van der Waals surface area (Å²) in [5, 5.41) is 5.50. The molecule has 0 saturated heterocycles. The number of alkyl halides is 3. The number of ether oxygens (including phenoxy) is 1. The number of nitrogens with one attached hydrogen (secondary N) is 2. The summed E-state index contributed by atoms with van der Waals surface area (Å²) in [6, 6.07) is 0.896. The minimum Gasteiger partial charge on any atom is -0.380 e. The number of hydrogen-bond acceptors (Lipinski definition) is 5. The molecule has 0 fully saturated rings. The molecule has 0 atom stereocenters. The minimum atomic E-state index is -4.50. The van der Waals surface area contributed by atoms with Crippen LogP contribution in [0.15, 0.2) is 6.07 Å². The van der Waals surface area contributed by atoms with Crippen molar-refractivity contribution in [2.45, 2.75) is 32.9 Å². The van der Waals surface area contributed by atoms with Crippen molar-refractivity contribution in [1.29, 1.82) is 0 Å². The Balaban J connectivity index is 2.61. The maximum absolute atomic E-state index is 12.7. The Morgan fingerprint density at radius 2 is 1.90 bits per heavy atom. The second-order valence-electron chi connectivity index (χ2n) is 4.38. The van der Waals surface area contributed by atoms with Gasteiger partial charge in [-0.1, -0.05) is 13.3 Å². The van der Waals surface area contributed by atoms with Gasteiger partial charge in [-0.2, -0.15) is 18.2 Å². The van der Waals surface area contributed by atoms with Crippen LogP contribution in [0.5, 0.6) is 0 Å². The van der Waals surface area contributed by atoms with E-state index in [1.165, 1.54) is 0 Å². The van der Waals surface area contributed by atoms with Gasteiger partial charge in [0.1, 0.15) is 5.82 Å². The van der Waals surface area contributed by atoms with Crippen molar-refractivity contribution in [1.82, 2.24) is 9.97 Å². The molecule has 0 saturated carbocycles. The molecule has 8 heteroatoms. The van der Waals surface area contributed by atoms with Gasteiger partial charge >= 0.3 is 6.18 Å². The molecule has 1 aromatic heterocycles. The fourth-order valence-corrected chi connectivity index (χ4v) is 1.52. The van der Waals surface area contributed by atoms with E-state index < -0.39 is 11.9 Å². The van der Waals surface area contributed by atoms with Crippen molar-refractivity contribution in [2.75, 3.05) is 36.9 Å². The number of hydrogen-bond donors (Lipinski definition) is 2. The third kappa shape index (κ3) is 6.61. The van der Waals surface area contributed by atoms with E-state index in [0.29, 0.717) is 26.3 Å². The van der Waals surface area contributed by atoms with Crippen molar-refractivity contribution in [3.8, 4) is 0 Å². The van der Waals surface area contributed by atoms with Gasteiger partial charge in [-0.15, -0.1) is 0 Å². The van der Waals surface area contributed by atoms with E-state index in [9.17, 15) is 13.2 Å². The maximum atomic E-state index is 12.7. The molecule has 0 aliphatic heterocycles. The molecule has 0 bridgehead atoms. The topological polar surface area (TPSA) is 59.1 Å². The Kier molecular flexibility index (Phi) is 7.21. The smallest absolute Gasteiger partial charge is 0.380 e. The monoisotopic (exact) mass is 306 g/mol. The Morgan fingerprint density at radius 1 is 1.14 bits per heavy atom. The summed E-state index contributed by atoms with van der Waals surface area (Å²) in [7, 11) is 0. The van der Waals surface area contributed by atoms with Gasteiger partial charge in [0.2, 0.25) is 5.95 Å². The normalized spacial score (nSPS) is 11.5. The quantitative estimate of drug-likeness (QED) is 0.686. The highest BCUT2D eigenvalue weighted by atomic mass is 19.4. The number of aromatic nitrogens is 2. The first kappa shape index (κ1) is 17.5. The van der Waals surface area contributed by atoms with Crippen LogP contribution in [0.1, 0.15) is 32.4 Å². The second-order valence-corrected chi connectivity index (χ2v) is 4.38. The van der Waals surface area contributed by atoms with Crippen molar-refractivity contribution in [3.05, 3.63) is 11.8 Å². The third-order valence-corrected chi connectivity index (χ3v) is 2.55. The molecule has 0 aliphatic carbocycles. The second kappa shape index (κ2) is 8.66. The number of rotatable bonds is 9. The van der Waals surface area contributed by atoms with Crippen LogP contribution in [-0.2, 0) is 10.9 Å². The molecule has 1 heterocycles. The average Bonchev–Trinajstić information content (AvgIpc) is 2.42. The zero-order valence-electron chi connectivity index (χ0n) is 12.3. The Morgan fingerprint density at radius 3 is 2.52 bits per heavy atom. The lowest BCUT2D eigenvalue weighted by atomic mass is 10.3. The summed E-state index contributed by atoms with van der Waals surface area (Å²) < 4.78 is 43.6. The molecule has 0 unspecified atom stereocenters. The van der Waals surface area contributed by atoms with E-state index in [2.05, 4.69) is 27.5 Å². The number of anilines is 2. The fraction of sp³-hybridized carbons (Fsp3) is 0.692. The molecule has 0 aromatic carbocycles. The summed E-state index contributed by atoms with van der Waals surface area (Å²) >= 11 is 0. The van der Waals surface area contributed by atoms with E-state index in [1.807, 2.05) is 0 Å². The molecule has 21 heavy (non-hydrogen) atoms. The summed E-state index contributed by atoms with van der Waals surface area (Å²) in [5.41, 5.74) is -0.970. The fourth-order valence-electron chi connectivity index (χ4n) is 1.52. The van der Waals surface area contributed by atoms with Crippen molar-refractivity contribution in [2.24, 2.45) is 0 Å². The predicted molar refractivity (Wildman–Crippen MR) is 75.4 cm³/mol. The van der Waals surface area contributed by atoms with Crippen LogP contribution < -0.4 is 10.6 Å². The zero-order chi connectivity index (χ0) is 15.7. The Bertz CT molecular complexity index is 426. The number of unbranched alkanes of at least 4 members (excludes halogenated alkanes) is 1. The molecule has 2 N–H and O–H groups in total. The molecule has 0 aliphatic rings. The van der Waals surface area contributed by atoms with E-state index in [-0.39, 0.29) is 11.8 Å². The van der Waals surface area contributed by atoms with Crippen LogP contribution in [0.2, 0.25) is 0 Å². The summed E-state index contributed by atoms with van der Waals surface area (Å²) in [5.74, 6) is 0.0918. The van der Waals surface area contributed by atoms with Crippen LogP contribution >= 0.6 is 0 Å². The highest BCUT2D eigenvalue weighted by Crippen LogP contribution is 2.29. The highest BCUT2D eigenvalue weighted by molar-refractivity contribution is 5.43. The van der Waals surface area contributed by atoms with Crippen LogP contribution in [0.4, 0.5) is 24.9 Å². The van der Waals surface area contributed by atoms with Gasteiger partial charge in [0.25, 0.3) is 0 Å². The summed E-state index contributed by atoms with van der Waals surface area (Å²) in [4.78, 5) is 7.43. The molecule has 1 aromatic rings. The molecule has 5 nitrogen and oxygen atoms in total. The standard InChI is InChI=1S/C13H21F3N4O/c1-3-5-7-21-8-6-18-11-9-10(13(14,15)16)19-12(20-11)17-4-2/h9H,3-8H2,1-2H3,(H2,17,18,19,20). The molecular formula is C13H21F3N4O. The van der Waals surface area contributed by atoms with Crippen LogP contribution in [0.25, 0.3) is 0 Å². The molecule has 0 radical (unpaired) electrons. The van der Waals surface area contributed by atoms with Crippen molar-refractivity contribution >= 4 is 11.8 Å². The van der Waals surface area contributed by atoms with Crippen LogP contribution in [-0.4, -0.2) is 36.3 Å². The van der Waals surface area contributed by atoms with E-state index in [1.54, 1.807) is 6.92 Å². The van der Waals surface area contributed by atoms with Crippen molar-refractivity contribution in [3.63, 3.8) is 0 Å². The van der Waals surface area contributed by atoms with Gasteiger partial charge in [-0.3, -0.25) is 0 Å². The lowest BCUT2D eigenvalue weighted by Gasteiger charge is -2.12.